The molecule has 1 aliphatic rings. The summed E-state index contributed by atoms with van der Waals surface area (Å²) in [6.07, 6.45) is 7.73. The van der Waals surface area contributed by atoms with Gasteiger partial charge in [-0.25, -0.2) is 0 Å². The highest BCUT2D eigenvalue weighted by Crippen LogP contribution is 2.20. The zero-order valence-corrected chi connectivity index (χ0v) is 12.0. The molecule has 4 nitrogen and oxygen atoms in total. The third-order valence-electron chi connectivity index (χ3n) is 3.59. The summed E-state index contributed by atoms with van der Waals surface area (Å²) in [5.41, 5.74) is 0. The molecule has 0 aliphatic heterocycles. The molecule has 0 aromatic carbocycles. The van der Waals surface area contributed by atoms with Crippen molar-refractivity contribution in [2.45, 2.75) is 50.7 Å². The zero-order chi connectivity index (χ0) is 13.1. The molecule has 18 heavy (non-hydrogen) atoms. The van der Waals surface area contributed by atoms with E-state index in [-0.39, 0.29) is 0 Å². The summed E-state index contributed by atoms with van der Waals surface area (Å²) >= 11 is 0. The molecule has 0 radical (unpaired) electrons. The van der Waals surface area contributed by atoms with E-state index >= 15 is 0 Å². The van der Waals surface area contributed by atoms with Gasteiger partial charge in [0.15, 0.2) is 0 Å². The molecule has 0 aromatic heterocycles. The molecular weight excluding hydrogens is 230 g/mol. The van der Waals surface area contributed by atoms with E-state index in [4.69, 9.17) is 14.2 Å². The summed E-state index contributed by atoms with van der Waals surface area (Å²) in [6, 6.07) is 0.700. The number of nitrogens with one attached hydrogen (secondary N) is 1. The SMILES string of the molecule is COCCOCCCCNC1CCC(OC)CC1. The van der Waals surface area contributed by atoms with Crippen LogP contribution in [0.15, 0.2) is 0 Å². The molecular formula is C14H29NO3. The van der Waals surface area contributed by atoms with Crippen LogP contribution in [0.1, 0.15) is 38.5 Å². The van der Waals surface area contributed by atoms with E-state index in [1.165, 1.54) is 32.1 Å². The Morgan fingerprint density at radius 1 is 0.944 bits per heavy atom. The van der Waals surface area contributed by atoms with Crippen LogP contribution in [0.5, 0.6) is 0 Å². The zero-order valence-electron chi connectivity index (χ0n) is 12.0. The minimum atomic E-state index is 0.497. The molecule has 0 unspecified atom stereocenters. The van der Waals surface area contributed by atoms with Gasteiger partial charge in [0.2, 0.25) is 0 Å². The van der Waals surface area contributed by atoms with Crippen molar-refractivity contribution in [3.63, 3.8) is 0 Å². The van der Waals surface area contributed by atoms with Crippen molar-refractivity contribution in [2.24, 2.45) is 0 Å². The molecule has 0 atom stereocenters. The molecule has 0 aromatic rings. The summed E-state index contributed by atoms with van der Waals surface area (Å²) in [7, 11) is 3.52. The van der Waals surface area contributed by atoms with Gasteiger partial charge in [-0.3, -0.25) is 0 Å². The molecule has 1 saturated carbocycles. The largest absolute Gasteiger partial charge is 0.382 e. The number of unbranched alkanes of at least 4 members (excludes halogenated alkanes) is 1. The van der Waals surface area contributed by atoms with Crippen LogP contribution in [-0.4, -0.2) is 52.7 Å². The predicted molar refractivity (Wildman–Crippen MR) is 73.0 cm³/mol. The lowest BCUT2D eigenvalue weighted by Gasteiger charge is -2.28. The molecule has 0 amide bonds. The maximum Gasteiger partial charge on any atom is 0.0700 e. The molecule has 4 heteroatoms. The van der Waals surface area contributed by atoms with Crippen molar-refractivity contribution in [3.8, 4) is 0 Å². The number of methoxy groups -OCH3 is 2. The molecule has 1 aliphatic carbocycles. The van der Waals surface area contributed by atoms with Crippen molar-refractivity contribution in [3.05, 3.63) is 0 Å². The predicted octanol–water partition coefficient (Wildman–Crippen LogP) is 1.98. The Hall–Kier alpha value is -0.160. The van der Waals surface area contributed by atoms with E-state index in [1.54, 1.807) is 7.11 Å². The van der Waals surface area contributed by atoms with Crippen LogP contribution >= 0.6 is 0 Å². The van der Waals surface area contributed by atoms with Gasteiger partial charge in [-0.15, -0.1) is 0 Å². The second-order valence-electron chi connectivity index (χ2n) is 4.98. The summed E-state index contributed by atoms with van der Waals surface area (Å²) in [4.78, 5) is 0. The van der Waals surface area contributed by atoms with Gasteiger partial charge < -0.3 is 19.5 Å². The highest BCUT2D eigenvalue weighted by Gasteiger charge is 2.19. The molecule has 1 rings (SSSR count). The maximum absolute atomic E-state index is 5.43. The Morgan fingerprint density at radius 3 is 2.39 bits per heavy atom. The average molecular weight is 259 g/mol. The Balaban J connectivity index is 1.84. The van der Waals surface area contributed by atoms with Gasteiger partial charge >= 0.3 is 0 Å². The minimum Gasteiger partial charge on any atom is -0.382 e. The summed E-state index contributed by atoms with van der Waals surface area (Å²) in [6.45, 7) is 3.36. The van der Waals surface area contributed by atoms with E-state index in [2.05, 4.69) is 5.32 Å². The van der Waals surface area contributed by atoms with Crippen LogP contribution < -0.4 is 5.32 Å². The molecule has 0 heterocycles. The highest BCUT2D eigenvalue weighted by molar-refractivity contribution is 4.77. The minimum absolute atomic E-state index is 0.497. The first-order valence-electron chi connectivity index (χ1n) is 7.19. The average Bonchev–Trinajstić information content (AvgIpc) is 2.42. The second kappa shape index (κ2) is 10.7. The smallest absolute Gasteiger partial charge is 0.0700 e. The number of hydrogen-bond donors (Lipinski definition) is 1. The van der Waals surface area contributed by atoms with Gasteiger partial charge in [0.25, 0.3) is 0 Å². The topological polar surface area (TPSA) is 39.7 Å². The monoisotopic (exact) mass is 259 g/mol. The van der Waals surface area contributed by atoms with E-state index in [1.807, 2.05) is 7.11 Å². The first-order valence-corrected chi connectivity index (χ1v) is 7.19. The van der Waals surface area contributed by atoms with Gasteiger partial charge in [-0.2, -0.15) is 0 Å². The fourth-order valence-electron chi connectivity index (χ4n) is 2.38. The first-order chi connectivity index (χ1) is 8.86. The van der Waals surface area contributed by atoms with Gasteiger partial charge in [0.1, 0.15) is 0 Å². The third-order valence-corrected chi connectivity index (χ3v) is 3.59. The lowest BCUT2D eigenvalue weighted by Crippen LogP contribution is -2.35. The fraction of sp³-hybridized carbons (Fsp3) is 1.00. The van der Waals surface area contributed by atoms with Crippen LogP contribution in [0, 0.1) is 0 Å². The molecule has 1 fully saturated rings. The summed E-state index contributed by atoms with van der Waals surface area (Å²) < 4.78 is 15.7. The normalized spacial score (nSPS) is 24.3. The molecule has 1 N–H and O–H groups in total. The van der Waals surface area contributed by atoms with Gasteiger partial charge in [-0.05, 0) is 45.1 Å². The van der Waals surface area contributed by atoms with Crippen LogP contribution in [0.3, 0.4) is 0 Å². The number of ether oxygens (including phenoxy) is 3. The lowest BCUT2D eigenvalue weighted by molar-refractivity contribution is 0.0615. The van der Waals surface area contributed by atoms with Crippen molar-refractivity contribution in [1.82, 2.24) is 5.32 Å². The van der Waals surface area contributed by atoms with E-state index in [0.717, 1.165) is 19.6 Å². The molecule has 0 spiro atoms. The van der Waals surface area contributed by atoms with Crippen molar-refractivity contribution in [2.75, 3.05) is 40.6 Å². The number of rotatable bonds is 10. The number of hydrogen-bond acceptors (Lipinski definition) is 4. The van der Waals surface area contributed by atoms with Crippen molar-refractivity contribution >= 4 is 0 Å². The maximum atomic E-state index is 5.43. The molecule has 0 bridgehead atoms. The summed E-state index contributed by atoms with van der Waals surface area (Å²) in [5.74, 6) is 0. The van der Waals surface area contributed by atoms with Crippen molar-refractivity contribution in [1.29, 1.82) is 0 Å². The third kappa shape index (κ3) is 7.31. The van der Waals surface area contributed by atoms with Gasteiger partial charge in [-0.1, -0.05) is 0 Å². The van der Waals surface area contributed by atoms with Gasteiger partial charge in [0.05, 0.1) is 19.3 Å². The Labute approximate surface area is 111 Å². The molecule has 0 saturated heterocycles. The first kappa shape index (κ1) is 15.9. The van der Waals surface area contributed by atoms with E-state index in [0.29, 0.717) is 25.4 Å². The van der Waals surface area contributed by atoms with Crippen LogP contribution in [0.4, 0.5) is 0 Å². The van der Waals surface area contributed by atoms with Crippen LogP contribution in [0.2, 0.25) is 0 Å². The van der Waals surface area contributed by atoms with Gasteiger partial charge in [0, 0.05) is 26.9 Å². The Kier molecular flexibility index (Phi) is 9.48. The van der Waals surface area contributed by atoms with E-state index in [9.17, 15) is 0 Å². The van der Waals surface area contributed by atoms with E-state index < -0.39 is 0 Å². The van der Waals surface area contributed by atoms with Crippen LogP contribution in [-0.2, 0) is 14.2 Å². The fourth-order valence-corrected chi connectivity index (χ4v) is 2.38. The quantitative estimate of drug-likeness (QED) is 0.609. The highest BCUT2D eigenvalue weighted by atomic mass is 16.5. The molecule has 108 valence electrons. The summed E-state index contributed by atoms with van der Waals surface area (Å²) in [5, 5.41) is 3.63. The Morgan fingerprint density at radius 2 is 1.72 bits per heavy atom. The lowest BCUT2D eigenvalue weighted by atomic mass is 9.93. The second-order valence-corrected chi connectivity index (χ2v) is 4.98. The van der Waals surface area contributed by atoms with Crippen molar-refractivity contribution < 1.29 is 14.2 Å². The van der Waals surface area contributed by atoms with Crippen LogP contribution in [0.25, 0.3) is 0 Å². The standard InChI is InChI=1S/C14H29NO3/c1-16-11-12-18-10-4-3-9-15-13-5-7-14(17-2)8-6-13/h13-15H,3-12H2,1-2H3. The Bertz CT molecular complexity index is 182.